The van der Waals surface area contributed by atoms with Crippen molar-refractivity contribution in [2.75, 3.05) is 6.54 Å². The molecule has 1 aliphatic carbocycles. The summed E-state index contributed by atoms with van der Waals surface area (Å²) in [6.45, 7) is 0.541. The van der Waals surface area contributed by atoms with Gasteiger partial charge in [0.25, 0.3) is 0 Å². The molecule has 0 aromatic carbocycles. The van der Waals surface area contributed by atoms with Crippen LogP contribution >= 0.6 is 0 Å². The van der Waals surface area contributed by atoms with Gasteiger partial charge in [-0.2, -0.15) is 0 Å². The van der Waals surface area contributed by atoms with Gasteiger partial charge in [0.05, 0.1) is 6.54 Å². The number of Topliss-reactive ketones (excluding diaryl/α,β-unsaturated/α-hetero) is 1. The second-order valence-electron chi connectivity index (χ2n) is 3.08. The van der Waals surface area contributed by atoms with Gasteiger partial charge in [0.15, 0.2) is 0 Å². The molecule has 2 heteroatoms. The van der Waals surface area contributed by atoms with Crippen molar-refractivity contribution in [3.63, 3.8) is 0 Å². The van der Waals surface area contributed by atoms with Gasteiger partial charge < -0.3 is 5.32 Å². The molecule has 2 rings (SSSR count). The molecule has 2 atom stereocenters. The van der Waals surface area contributed by atoms with Crippen molar-refractivity contribution in [3.05, 3.63) is 24.3 Å². The van der Waals surface area contributed by atoms with E-state index in [1.54, 1.807) is 0 Å². The number of carbonyl (C=O) groups excluding carboxylic acids is 1. The molecule has 0 spiro atoms. The van der Waals surface area contributed by atoms with Crippen LogP contribution in [0.5, 0.6) is 0 Å². The number of ketones is 1. The van der Waals surface area contributed by atoms with Crippen molar-refractivity contribution in [3.8, 4) is 0 Å². The lowest BCUT2D eigenvalue weighted by atomic mass is 9.87. The first kappa shape index (κ1) is 6.80. The van der Waals surface area contributed by atoms with Gasteiger partial charge in [0.2, 0.25) is 0 Å². The third-order valence-electron chi connectivity index (χ3n) is 2.25. The second kappa shape index (κ2) is 2.62. The number of hydrogen-bond donors (Lipinski definition) is 1. The summed E-state index contributed by atoms with van der Waals surface area (Å²) >= 11 is 0. The Morgan fingerprint density at radius 2 is 2.18 bits per heavy atom. The zero-order valence-electron chi connectivity index (χ0n) is 6.29. The van der Waals surface area contributed by atoms with Crippen LogP contribution in [0.4, 0.5) is 0 Å². The smallest absolute Gasteiger partial charge is 0.147 e. The highest BCUT2D eigenvalue weighted by atomic mass is 16.1. The summed E-state index contributed by atoms with van der Waals surface area (Å²) in [6.07, 6.45) is 8.98. The van der Waals surface area contributed by atoms with Gasteiger partial charge in [-0.1, -0.05) is 24.3 Å². The van der Waals surface area contributed by atoms with E-state index in [4.69, 9.17) is 0 Å². The highest BCUT2D eigenvalue weighted by molar-refractivity contribution is 5.82. The predicted octanol–water partition coefficient (Wildman–Crippen LogP) is 0.660. The van der Waals surface area contributed by atoms with Crippen molar-refractivity contribution in [2.45, 2.75) is 12.5 Å². The van der Waals surface area contributed by atoms with E-state index >= 15 is 0 Å². The Morgan fingerprint density at radius 1 is 1.36 bits per heavy atom. The molecular formula is C9H11NO. The summed E-state index contributed by atoms with van der Waals surface area (Å²) in [5.74, 6) is 0.729. The number of carbonyl (C=O) groups is 1. The minimum Gasteiger partial charge on any atom is -0.303 e. The molecule has 0 amide bonds. The van der Waals surface area contributed by atoms with E-state index in [1.165, 1.54) is 0 Å². The third-order valence-corrected chi connectivity index (χ3v) is 2.25. The maximum Gasteiger partial charge on any atom is 0.147 e. The molecule has 11 heavy (non-hydrogen) atoms. The molecule has 1 N–H and O–H groups in total. The number of rotatable bonds is 0. The fourth-order valence-corrected chi connectivity index (χ4v) is 1.63. The Hall–Kier alpha value is -0.890. The van der Waals surface area contributed by atoms with Gasteiger partial charge in [-0.05, 0) is 0 Å². The topological polar surface area (TPSA) is 29.1 Å². The van der Waals surface area contributed by atoms with E-state index < -0.39 is 0 Å². The molecule has 0 aromatic rings. The van der Waals surface area contributed by atoms with Crippen LogP contribution in [0.25, 0.3) is 0 Å². The lowest BCUT2D eigenvalue weighted by Gasteiger charge is -2.28. The normalized spacial score (nSPS) is 35.5. The summed E-state index contributed by atoms with van der Waals surface area (Å²) in [6, 6.07) is 0.401. The Morgan fingerprint density at radius 3 is 3.09 bits per heavy atom. The molecule has 1 aliphatic heterocycles. The van der Waals surface area contributed by atoms with Gasteiger partial charge in [0.1, 0.15) is 5.78 Å². The van der Waals surface area contributed by atoms with Gasteiger partial charge in [-0.25, -0.2) is 0 Å². The lowest BCUT2D eigenvalue weighted by Crippen LogP contribution is -2.44. The van der Waals surface area contributed by atoms with Crippen LogP contribution in [0.15, 0.2) is 24.3 Å². The standard InChI is InChI=1S/C9H11NO/c11-8-5-7-3-1-2-4-9(7)10-6-8/h1-4,7,9-10H,5-6H2. The first-order valence-corrected chi connectivity index (χ1v) is 3.96. The summed E-state index contributed by atoms with van der Waals surface area (Å²) in [4.78, 5) is 11.0. The van der Waals surface area contributed by atoms with Crippen LogP contribution in [0.1, 0.15) is 6.42 Å². The van der Waals surface area contributed by atoms with Gasteiger partial charge in [0, 0.05) is 18.4 Å². The summed E-state index contributed by atoms with van der Waals surface area (Å²) in [5, 5.41) is 3.18. The molecule has 0 radical (unpaired) electrons. The van der Waals surface area contributed by atoms with E-state index in [0.717, 1.165) is 0 Å². The first-order chi connectivity index (χ1) is 5.36. The Balaban J connectivity index is 2.12. The van der Waals surface area contributed by atoms with Crippen LogP contribution in [0, 0.1) is 5.92 Å². The van der Waals surface area contributed by atoms with E-state index in [-0.39, 0.29) is 0 Å². The minimum atomic E-state index is 0.325. The SMILES string of the molecule is O=C1CNC2C=CC=CC2C1. The Labute approximate surface area is 66.0 Å². The third kappa shape index (κ3) is 1.26. The van der Waals surface area contributed by atoms with Gasteiger partial charge in [-0.15, -0.1) is 0 Å². The highest BCUT2D eigenvalue weighted by Gasteiger charge is 2.25. The van der Waals surface area contributed by atoms with E-state index in [0.29, 0.717) is 30.7 Å². The fraction of sp³-hybridized carbons (Fsp3) is 0.444. The van der Waals surface area contributed by atoms with Crippen molar-refractivity contribution in [2.24, 2.45) is 5.92 Å². The van der Waals surface area contributed by atoms with Crippen LogP contribution in [-0.2, 0) is 4.79 Å². The molecule has 2 nitrogen and oxygen atoms in total. The largest absolute Gasteiger partial charge is 0.303 e. The molecular weight excluding hydrogens is 138 g/mol. The number of fused-ring (bicyclic) bond motifs is 1. The average molecular weight is 149 g/mol. The Bertz CT molecular complexity index is 230. The Kier molecular flexibility index (Phi) is 1.62. The molecule has 1 fully saturated rings. The molecule has 58 valence electrons. The molecule has 2 aliphatic rings. The maximum absolute atomic E-state index is 11.0. The van der Waals surface area contributed by atoms with E-state index in [9.17, 15) is 4.79 Å². The lowest BCUT2D eigenvalue weighted by molar-refractivity contribution is -0.120. The fourth-order valence-electron chi connectivity index (χ4n) is 1.63. The monoisotopic (exact) mass is 149 g/mol. The molecule has 0 bridgehead atoms. The van der Waals surface area contributed by atoms with Gasteiger partial charge in [-0.3, -0.25) is 4.79 Å². The molecule has 0 aromatic heterocycles. The first-order valence-electron chi connectivity index (χ1n) is 3.96. The average Bonchev–Trinajstić information content (AvgIpc) is 2.04. The summed E-state index contributed by atoms with van der Waals surface area (Å²) < 4.78 is 0. The van der Waals surface area contributed by atoms with E-state index in [1.807, 2.05) is 12.2 Å². The van der Waals surface area contributed by atoms with Crippen LogP contribution in [0.2, 0.25) is 0 Å². The van der Waals surface area contributed by atoms with Crippen molar-refractivity contribution in [1.29, 1.82) is 0 Å². The molecule has 0 saturated carbocycles. The zero-order valence-corrected chi connectivity index (χ0v) is 6.29. The molecule has 2 unspecified atom stereocenters. The highest BCUT2D eigenvalue weighted by Crippen LogP contribution is 2.19. The molecule has 1 heterocycles. The zero-order chi connectivity index (χ0) is 7.68. The van der Waals surface area contributed by atoms with Crippen molar-refractivity contribution < 1.29 is 4.79 Å². The molecule has 1 saturated heterocycles. The van der Waals surface area contributed by atoms with Crippen LogP contribution in [-0.4, -0.2) is 18.4 Å². The van der Waals surface area contributed by atoms with E-state index in [2.05, 4.69) is 17.5 Å². The van der Waals surface area contributed by atoms with Crippen LogP contribution < -0.4 is 5.32 Å². The maximum atomic E-state index is 11.0. The quantitative estimate of drug-likeness (QED) is 0.548. The number of nitrogens with one attached hydrogen (secondary N) is 1. The van der Waals surface area contributed by atoms with Crippen molar-refractivity contribution >= 4 is 5.78 Å². The van der Waals surface area contributed by atoms with Gasteiger partial charge >= 0.3 is 0 Å². The number of allylic oxidation sites excluding steroid dienone is 2. The summed E-state index contributed by atoms with van der Waals surface area (Å²) in [7, 11) is 0. The second-order valence-corrected chi connectivity index (χ2v) is 3.08. The minimum absolute atomic E-state index is 0.325. The van der Waals surface area contributed by atoms with Crippen molar-refractivity contribution in [1.82, 2.24) is 5.32 Å². The predicted molar refractivity (Wildman–Crippen MR) is 43.2 cm³/mol. The number of piperidine rings is 1. The van der Waals surface area contributed by atoms with Crippen LogP contribution in [0.3, 0.4) is 0 Å². The number of hydrogen-bond acceptors (Lipinski definition) is 2. The summed E-state index contributed by atoms with van der Waals surface area (Å²) in [5.41, 5.74) is 0.